The fourth-order valence-corrected chi connectivity index (χ4v) is 1.95. The number of nitrogens with zero attached hydrogens (tertiary/aromatic N) is 2. The Bertz CT molecular complexity index is 349. The molecule has 0 atom stereocenters. The molecule has 4 nitrogen and oxygen atoms in total. The Kier molecular flexibility index (Phi) is 8.49. The second kappa shape index (κ2) is 8.68. The highest BCUT2D eigenvalue weighted by Crippen LogP contribution is 2.07. The molecule has 2 N–H and O–H groups in total. The first-order valence-corrected chi connectivity index (χ1v) is 6.38. The van der Waals surface area contributed by atoms with E-state index in [2.05, 4.69) is 39.8 Å². The smallest absolute Gasteiger partial charge is 0.191 e. The number of aliphatic imine (C=N–C) groups is 1. The maximum atomic E-state index is 4.41. The van der Waals surface area contributed by atoms with Gasteiger partial charge in [-0.3, -0.25) is 4.99 Å². The first-order valence-electron chi connectivity index (χ1n) is 5.50. The quantitative estimate of drug-likeness (QED) is 0.487. The number of hydrogen-bond acceptors (Lipinski definition) is 3. The molecule has 1 aromatic heterocycles. The highest BCUT2D eigenvalue weighted by atomic mass is 127. The molecule has 0 spiro atoms. The van der Waals surface area contributed by atoms with E-state index in [1.54, 1.807) is 18.4 Å². The molecular formula is C11H21IN4S. The van der Waals surface area contributed by atoms with Crippen LogP contribution in [0.4, 0.5) is 0 Å². The Hall–Kier alpha value is -0.370. The summed E-state index contributed by atoms with van der Waals surface area (Å²) in [6.07, 6.45) is 0.934. The standard InChI is InChI=1S/C11H20N4S.HI/c1-8(2)14-11(12-4)13-6-5-10-7-16-9(3)15-10;/h7-8H,5-6H2,1-4H3,(H2,12,13,14);1H. The molecule has 1 heterocycles. The van der Waals surface area contributed by atoms with Crippen molar-refractivity contribution in [2.75, 3.05) is 13.6 Å². The van der Waals surface area contributed by atoms with Crippen LogP contribution in [-0.2, 0) is 6.42 Å². The molecule has 0 saturated heterocycles. The number of hydrogen-bond donors (Lipinski definition) is 2. The third-order valence-corrected chi connectivity index (χ3v) is 2.81. The normalized spacial score (nSPS) is 11.2. The van der Waals surface area contributed by atoms with Crippen LogP contribution in [0.1, 0.15) is 24.5 Å². The number of thiazole rings is 1. The van der Waals surface area contributed by atoms with Gasteiger partial charge in [0.25, 0.3) is 0 Å². The Morgan fingerprint density at radius 1 is 1.53 bits per heavy atom. The average Bonchev–Trinajstić information content (AvgIpc) is 2.62. The van der Waals surface area contributed by atoms with Gasteiger partial charge in [-0.1, -0.05) is 0 Å². The van der Waals surface area contributed by atoms with Gasteiger partial charge in [-0.25, -0.2) is 4.98 Å². The Balaban J connectivity index is 0.00000256. The van der Waals surface area contributed by atoms with Crippen molar-refractivity contribution in [3.63, 3.8) is 0 Å². The summed E-state index contributed by atoms with van der Waals surface area (Å²) in [6, 6.07) is 0.396. The van der Waals surface area contributed by atoms with Crippen molar-refractivity contribution in [1.82, 2.24) is 15.6 Å². The summed E-state index contributed by atoms with van der Waals surface area (Å²) < 4.78 is 0. The lowest BCUT2D eigenvalue weighted by Gasteiger charge is -2.13. The number of halogens is 1. The van der Waals surface area contributed by atoms with Crippen LogP contribution in [0, 0.1) is 6.92 Å². The Morgan fingerprint density at radius 3 is 2.71 bits per heavy atom. The maximum absolute atomic E-state index is 4.41. The third kappa shape index (κ3) is 6.82. The first-order chi connectivity index (χ1) is 7.61. The van der Waals surface area contributed by atoms with Crippen LogP contribution >= 0.6 is 35.3 Å². The SMILES string of the molecule is CN=C(NCCc1csc(C)n1)NC(C)C.I. The third-order valence-electron chi connectivity index (χ3n) is 1.99. The van der Waals surface area contributed by atoms with Gasteiger partial charge in [-0.15, -0.1) is 35.3 Å². The average molecular weight is 368 g/mol. The van der Waals surface area contributed by atoms with E-state index in [1.165, 1.54) is 0 Å². The number of guanidine groups is 1. The van der Waals surface area contributed by atoms with E-state index in [1.807, 2.05) is 6.92 Å². The van der Waals surface area contributed by atoms with Crippen LogP contribution in [0.2, 0.25) is 0 Å². The summed E-state index contributed by atoms with van der Waals surface area (Å²) in [7, 11) is 1.78. The molecule has 1 aromatic rings. The van der Waals surface area contributed by atoms with Gasteiger partial charge < -0.3 is 10.6 Å². The van der Waals surface area contributed by atoms with E-state index in [9.17, 15) is 0 Å². The van der Waals surface area contributed by atoms with E-state index in [4.69, 9.17) is 0 Å². The van der Waals surface area contributed by atoms with Gasteiger partial charge in [0.2, 0.25) is 0 Å². The first kappa shape index (κ1) is 16.6. The zero-order valence-corrected chi connectivity index (χ0v) is 13.9. The minimum absolute atomic E-state index is 0. The summed E-state index contributed by atoms with van der Waals surface area (Å²) in [5.74, 6) is 0.849. The van der Waals surface area contributed by atoms with Gasteiger partial charge in [0.05, 0.1) is 10.7 Å². The van der Waals surface area contributed by atoms with Gasteiger partial charge in [0, 0.05) is 31.4 Å². The Morgan fingerprint density at radius 2 is 2.24 bits per heavy atom. The monoisotopic (exact) mass is 368 g/mol. The maximum Gasteiger partial charge on any atom is 0.191 e. The molecule has 6 heteroatoms. The molecule has 0 aliphatic heterocycles. The van der Waals surface area contributed by atoms with Crippen molar-refractivity contribution in [3.05, 3.63) is 16.1 Å². The molecule has 0 radical (unpaired) electrons. The summed E-state index contributed by atoms with van der Waals surface area (Å²) in [6.45, 7) is 7.07. The minimum Gasteiger partial charge on any atom is -0.356 e. The van der Waals surface area contributed by atoms with E-state index in [0.717, 1.165) is 29.6 Å². The molecule has 98 valence electrons. The molecule has 0 unspecified atom stereocenters. The van der Waals surface area contributed by atoms with Crippen LogP contribution in [0.15, 0.2) is 10.4 Å². The van der Waals surface area contributed by atoms with Crippen molar-refractivity contribution in [2.45, 2.75) is 33.2 Å². The zero-order valence-electron chi connectivity index (χ0n) is 10.8. The fraction of sp³-hybridized carbons (Fsp3) is 0.636. The molecule has 0 aliphatic carbocycles. The molecule has 1 rings (SSSR count). The van der Waals surface area contributed by atoms with Gasteiger partial charge in [0.1, 0.15) is 0 Å². The predicted molar refractivity (Wildman–Crippen MR) is 85.6 cm³/mol. The zero-order chi connectivity index (χ0) is 12.0. The number of nitrogens with one attached hydrogen (secondary N) is 2. The molecule has 0 bridgehead atoms. The minimum atomic E-state index is 0. The van der Waals surface area contributed by atoms with E-state index < -0.39 is 0 Å². The lowest BCUT2D eigenvalue weighted by atomic mass is 10.3. The second-order valence-electron chi connectivity index (χ2n) is 3.91. The van der Waals surface area contributed by atoms with Crippen molar-refractivity contribution >= 4 is 41.3 Å². The highest BCUT2D eigenvalue weighted by molar-refractivity contribution is 14.0. The van der Waals surface area contributed by atoms with Crippen LogP contribution in [0.3, 0.4) is 0 Å². The number of aryl methyl sites for hydroxylation is 1. The molecule has 17 heavy (non-hydrogen) atoms. The van der Waals surface area contributed by atoms with Gasteiger partial charge in [0.15, 0.2) is 5.96 Å². The van der Waals surface area contributed by atoms with E-state index in [-0.39, 0.29) is 24.0 Å². The summed E-state index contributed by atoms with van der Waals surface area (Å²) in [4.78, 5) is 8.55. The number of aromatic nitrogens is 1. The summed E-state index contributed by atoms with van der Waals surface area (Å²) in [5.41, 5.74) is 1.15. The van der Waals surface area contributed by atoms with E-state index in [0.29, 0.717) is 6.04 Å². The second-order valence-corrected chi connectivity index (χ2v) is 4.97. The van der Waals surface area contributed by atoms with E-state index >= 15 is 0 Å². The van der Waals surface area contributed by atoms with Crippen molar-refractivity contribution in [3.8, 4) is 0 Å². The van der Waals surface area contributed by atoms with Crippen molar-refractivity contribution in [1.29, 1.82) is 0 Å². The molecule has 0 fully saturated rings. The van der Waals surface area contributed by atoms with Gasteiger partial charge in [-0.05, 0) is 20.8 Å². The fourth-order valence-electron chi connectivity index (χ4n) is 1.30. The molecule has 0 amide bonds. The number of rotatable bonds is 4. The van der Waals surface area contributed by atoms with Crippen LogP contribution in [0.5, 0.6) is 0 Å². The van der Waals surface area contributed by atoms with Gasteiger partial charge >= 0.3 is 0 Å². The van der Waals surface area contributed by atoms with Crippen LogP contribution in [-0.4, -0.2) is 30.6 Å². The molecule has 0 aliphatic rings. The largest absolute Gasteiger partial charge is 0.356 e. The van der Waals surface area contributed by atoms with Gasteiger partial charge in [-0.2, -0.15) is 0 Å². The van der Waals surface area contributed by atoms with Crippen LogP contribution in [0.25, 0.3) is 0 Å². The molecule has 0 aromatic carbocycles. The topological polar surface area (TPSA) is 49.3 Å². The Labute approximate surface area is 124 Å². The summed E-state index contributed by atoms with van der Waals surface area (Å²) >= 11 is 1.69. The molecule has 0 saturated carbocycles. The van der Waals surface area contributed by atoms with Crippen molar-refractivity contribution in [2.24, 2.45) is 4.99 Å². The highest BCUT2D eigenvalue weighted by Gasteiger charge is 2.01. The lowest BCUT2D eigenvalue weighted by Crippen LogP contribution is -2.41. The summed E-state index contributed by atoms with van der Waals surface area (Å²) in [5, 5.41) is 9.74. The molecular weight excluding hydrogens is 347 g/mol. The predicted octanol–water partition coefficient (Wildman–Crippen LogP) is 2.19. The van der Waals surface area contributed by atoms with Crippen molar-refractivity contribution < 1.29 is 0 Å². The lowest BCUT2D eigenvalue weighted by molar-refractivity contribution is 0.696. The van der Waals surface area contributed by atoms with Crippen LogP contribution < -0.4 is 10.6 Å².